The fraction of sp³-hybridized carbons (Fsp3) is 0.462. The first-order valence-corrected chi connectivity index (χ1v) is 5.70. The van der Waals surface area contributed by atoms with Gasteiger partial charge >= 0.3 is 0 Å². The van der Waals surface area contributed by atoms with E-state index >= 15 is 0 Å². The van der Waals surface area contributed by atoms with Gasteiger partial charge in [-0.05, 0) is 42.6 Å². The SMILES string of the molecule is Cc1ccc(F)cc1C(NCC(C)C)C(N)=O. The van der Waals surface area contributed by atoms with Crippen LogP contribution in [0.3, 0.4) is 0 Å². The topological polar surface area (TPSA) is 55.1 Å². The minimum Gasteiger partial charge on any atom is -0.368 e. The van der Waals surface area contributed by atoms with E-state index in [0.717, 1.165) is 5.56 Å². The largest absolute Gasteiger partial charge is 0.368 e. The summed E-state index contributed by atoms with van der Waals surface area (Å²) in [6.07, 6.45) is 0. The molecule has 1 aromatic rings. The highest BCUT2D eigenvalue weighted by atomic mass is 19.1. The van der Waals surface area contributed by atoms with Gasteiger partial charge in [0.1, 0.15) is 11.9 Å². The lowest BCUT2D eigenvalue weighted by atomic mass is 10.00. The van der Waals surface area contributed by atoms with E-state index in [4.69, 9.17) is 5.73 Å². The Bertz CT molecular complexity index is 404. The maximum Gasteiger partial charge on any atom is 0.239 e. The Labute approximate surface area is 101 Å². The van der Waals surface area contributed by atoms with Crippen LogP contribution in [0, 0.1) is 18.7 Å². The van der Waals surface area contributed by atoms with Crippen molar-refractivity contribution in [1.82, 2.24) is 5.32 Å². The number of benzene rings is 1. The van der Waals surface area contributed by atoms with Crippen molar-refractivity contribution in [3.8, 4) is 0 Å². The monoisotopic (exact) mass is 238 g/mol. The van der Waals surface area contributed by atoms with E-state index in [-0.39, 0.29) is 5.82 Å². The summed E-state index contributed by atoms with van der Waals surface area (Å²) in [6, 6.07) is 3.75. The summed E-state index contributed by atoms with van der Waals surface area (Å²) < 4.78 is 13.2. The third-order valence-electron chi connectivity index (χ3n) is 2.57. The second-order valence-electron chi connectivity index (χ2n) is 4.64. The highest BCUT2D eigenvalue weighted by Crippen LogP contribution is 2.19. The number of amides is 1. The highest BCUT2D eigenvalue weighted by molar-refractivity contribution is 5.81. The summed E-state index contributed by atoms with van der Waals surface area (Å²) >= 11 is 0. The molecule has 0 fully saturated rings. The summed E-state index contributed by atoms with van der Waals surface area (Å²) in [4.78, 5) is 11.4. The molecule has 1 rings (SSSR count). The van der Waals surface area contributed by atoms with Gasteiger partial charge < -0.3 is 11.1 Å². The molecule has 0 saturated carbocycles. The first kappa shape index (κ1) is 13.6. The zero-order chi connectivity index (χ0) is 13.0. The van der Waals surface area contributed by atoms with E-state index in [1.54, 1.807) is 6.07 Å². The number of hydrogen-bond donors (Lipinski definition) is 2. The van der Waals surface area contributed by atoms with Crippen LogP contribution in [-0.2, 0) is 4.79 Å². The van der Waals surface area contributed by atoms with Crippen molar-refractivity contribution < 1.29 is 9.18 Å². The van der Waals surface area contributed by atoms with E-state index in [9.17, 15) is 9.18 Å². The lowest BCUT2D eigenvalue weighted by Crippen LogP contribution is -2.36. The van der Waals surface area contributed by atoms with Gasteiger partial charge in [0.25, 0.3) is 0 Å². The van der Waals surface area contributed by atoms with Crippen molar-refractivity contribution in [3.05, 3.63) is 35.1 Å². The van der Waals surface area contributed by atoms with Gasteiger partial charge in [0, 0.05) is 0 Å². The van der Waals surface area contributed by atoms with Crippen molar-refractivity contribution in [1.29, 1.82) is 0 Å². The lowest BCUT2D eigenvalue weighted by molar-refractivity contribution is -0.120. The normalized spacial score (nSPS) is 12.8. The van der Waals surface area contributed by atoms with Gasteiger partial charge in [-0.15, -0.1) is 0 Å². The van der Waals surface area contributed by atoms with E-state index in [1.165, 1.54) is 12.1 Å². The highest BCUT2D eigenvalue weighted by Gasteiger charge is 2.19. The predicted molar refractivity (Wildman–Crippen MR) is 65.9 cm³/mol. The Kier molecular flexibility index (Phi) is 4.63. The summed E-state index contributed by atoms with van der Waals surface area (Å²) in [5.41, 5.74) is 6.81. The molecule has 0 aliphatic heterocycles. The molecule has 1 aromatic carbocycles. The Morgan fingerprint density at radius 2 is 2.12 bits per heavy atom. The number of halogens is 1. The number of aryl methyl sites for hydroxylation is 1. The van der Waals surface area contributed by atoms with Crippen LogP contribution in [0.25, 0.3) is 0 Å². The van der Waals surface area contributed by atoms with Crippen LogP contribution >= 0.6 is 0 Å². The number of primary amides is 1. The molecule has 94 valence electrons. The molecule has 1 amide bonds. The molecule has 1 atom stereocenters. The van der Waals surface area contributed by atoms with Crippen LogP contribution in [0.2, 0.25) is 0 Å². The van der Waals surface area contributed by atoms with Crippen molar-refractivity contribution in [3.63, 3.8) is 0 Å². The molecule has 0 heterocycles. The molecule has 0 aromatic heterocycles. The summed E-state index contributed by atoms with van der Waals surface area (Å²) in [5.74, 6) is -0.451. The number of nitrogens with one attached hydrogen (secondary N) is 1. The molecule has 0 bridgehead atoms. The van der Waals surface area contributed by atoms with Crippen LogP contribution in [0.5, 0.6) is 0 Å². The van der Waals surface area contributed by atoms with Crippen molar-refractivity contribution >= 4 is 5.91 Å². The quantitative estimate of drug-likeness (QED) is 0.823. The first-order chi connectivity index (χ1) is 7.91. The van der Waals surface area contributed by atoms with Gasteiger partial charge in [-0.2, -0.15) is 0 Å². The zero-order valence-corrected chi connectivity index (χ0v) is 10.5. The van der Waals surface area contributed by atoms with Gasteiger partial charge in [-0.25, -0.2) is 4.39 Å². The van der Waals surface area contributed by atoms with Crippen molar-refractivity contribution in [2.75, 3.05) is 6.54 Å². The van der Waals surface area contributed by atoms with Crippen LogP contribution in [0.4, 0.5) is 4.39 Å². The van der Waals surface area contributed by atoms with E-state index in [2.05, 4.69) is 5.32 Å². The maximum atomic E-state index is 13.2. The molecule has 0 spiro atoms. The molecule has 0 saturated heterocycles. The van der Waals surface area contributed by atoms with Crippen LogP contribution in [-0.4, -0.2) is 12.5 Å². The summed E-state index contributed by atoms with van der Waals surface area (Å²) in [6.45, 7) is 6.55. The van der Waals surface area contributed by atoms with Crippen LogP contribution in [0.1, 0.15) is 31.0 Å². The number of rotatable bonds is 5. The molecule has 0 aliphatic rings. The van der Waals surface area contributed by atoms with Crippen LogP contribution in [0.15, 0.2) is 18.2 Å². The average Bonchev–Trinajstić information content (AvgIpc) is 2.22. The third kappa shape index (κ3) is 3.82. The molecule has 3 N–H and O–H groups in total. The molecule has 17 heavy (non-hydrogen) atoms. The van der Waals surface area contributed by atoms with E-state index in [0.29, 0.717) is 18.0 Å². The van der Waals surface area contributed by atoms with E-state index < -0.39 is 11.9 Å². The molecule has 4 heteroatoms. The predicted octanol–water partition coefficient (Wildman–Crippen LogP) is 1.91. The molecule has 3 nitrogen and oxygen atoms in total. The van der Waals surface area contributed by atoms with E-state index in [1.807, 2.05) is 20.8 Å². The van der Waals surface area contributed by atoms with Gasteiger partial charge in [-0.3, -0.25) is 4.79 Å². The standard InChI is InChI=1S/C13H19FN2O/c1-8(2)7-16-12(13(15)17)11-6-10(14)5-4-9(11)3/h4-6,8,12,16H,7H2,1-3H3,(H2,15,17). The van der Waals surface area contributed by atoms with Gasteiger partial charge in [-0.1, -0.05) is 19.9 Å². The Morgan fingerprint density at radius 3 is 2.65 bits per heavy atom. The zero-order valence-electron chi connectivity index (χ0n) is 10.5. The van der Waals surface area contributed by atoms with Crippen molar-refractivity contribution in [2.45, 2.75) is 26.8 Å². The smallest absolute Gasteiger partial charge is 0.239 e. The third-order valence-corrected chi connectivity index (χ3v) is 2.57. The number of carbonyl (C=O) groups is 1. The minimum absolute atomic E-state index is 0.358. The van der Waals surface area contributed by atoms with Crippen molar-refractivity contribution in [2.24, 2.45) is 11.7 Å². The Hall–Kier alpha value is -1.42. The van der Waals surface area contributed by atoms with Gasteiger partial charge in [0.05, 0.1) is 0 Å². The second-order valence-corrected chi connectivity index (χ2v) is 4.64. The molecule has 1 unspecified atom stereocenters. The second kappa shape index (κ2) is 5.77. The summed E-state index contributed by atoms with van der Waals surface area (Å²) in [5, 5.41) is 3.06. The number of nitrogens with two attached hydrogens (primary N) is 1. The number of carbonyl (C=O) groups excluding carboxylic acids is 1. The first-order valence-electron chi connectivity index (χ1n) is 5.70. The molecule has 0 aliphatic carbocycles. The maximum absolute atomic E-state index is 13.2. The lowest BCUT2D eigenvalue weighted by Gasteiger charge is -2.19. The molecular formula is C13H19FN2O. The Balaban J connectivity index is 2.97. The molecular weight excluding hydrogens is 219 g/mol. The fourth-order valence-electron chi connectivity index (χ4n) is 1.64. The van der Waals surface area contributed by atoms with Crippen LogP contribution < -0.4 is 11.1 Å². The molecule has 0 radical (unpaired) electrons. The average molecular weight is 238 g/mol. The summed E-state index contributed by atoms with van der Waals surface area (Å²) in [7, 11) is 0. The Morgan fingerprint density at radius 1 is 1.47 bits per heavy atom. The fourth-order valence-corrected chi connectivity index (χ4v) is 1.64. The van der Waals surface area contributed by atoms with Gasteiger partial charge in [0.15, 0.2) is 0 Å². The number of hydrogen-bond acceptors (Lipinski definition) is 2. The van der Waals surface area contributed by atoms with Gasteiger partial charge in [0.2, 0.25) is 5.91 Å². The minimum atomic E-state index is -0.631.